The van der Waals surface area contributed by atoms with Crippen LogP contribution in [0.25, 0.3) is 0 Å². The molecule has 0 unspecified atom stereocenters. The van der Waals surface area contributed by atoms with Crippen molar-refractivity contribution in [3.63, 3.8) is 0 Å². The summed E-state index contributed by atoms with van der Waals surface area (Å²) in [5, 5.41) is 0. The molecular formula is C7H7F2NO2. The molecule has 0 aliphatic rings. The summed E-state index contributed by atoms with van der Waals surface area (Å²) in [5.74, 6) is -0.0891. The molecule has 0 saturated heterocycles. The van der Waals surface area contributed by atoms with Gasteiger partial charge in [-0.05, 0) is 0 Å². The Morgan fingerprint density at radius 3 is 2.75 bits per heavy atom. The highest BCUT2D eigenvalue weighted by atomic mass is 19.3. The molecule has 0 saturated carbocycles. The van der Waals surface area contributed by atoms with Crippen LogP contribution in [-0.4, -0.2) is 12.1 Å². The third-order valence-corrected chi connectivity index (χ3v) is 1.37. The van der Waals surface area contributed by atoms with Crippen LogP contribution in [-0.2, 0) is 0 Å². The van der Waals surface area contributed by atoms with Gasteiger partial charge in [-0.25, -0.2) is 8.78 Å². The van der Waals surface area contributed by atoms with Crippen LogP contribution in [0.5, 0.6) is 5.75 Å². The first kappa shape index (κ1) is 8.70. The minimum absolute atomic E-state index is 0.0891. The molecule has 1 heterocycles. The molecule has 0 bridgehead atoms. The van der Waals surface area contributed by atoms with E-state index in [1.54, 1.807) is 0 Å². The first-order valence-electron chi connectivity index (χ1n) is 3.20. The monoisotopic (exact) mass is 175 g/mol. The van der Waals surface area contributed by atoms with E-state index in [0.29, 0.717) is 0 Å². The Balaban J connectivity index is 3.20. The van der Waals surface area contributed by atoms with Gasteiger partial charge < -0.3 is 9.72 Å². The number of rotatable bonds is 2. The topological polar surface area (TPSA) is 42.1 Å². The SMILES string of the molecule is COc1cc(=O)[nH]cc1C(F)F. The van der Waals surface area contributed by atoms with Gasteiger partial charge in [0.2, 0.25) is 0 Å². The predicted octanol–water partition coefficient (Wildman–Crippen LogP) is 1.32. The lowest BCUT2D eigenvalue weighted by Crippen LogP contribution is -2.06. The second-order valence-corrected chi connectivity index (χ2v) is 2.12. The number of methoxy groups -OCH3 is 1. The molecule has 0 radical (unpaired) electrons. The lowest BCUT2D eigenvalue weighted by Gasteiger charge is -2.04. The number of halogens is 2. The van der Waals surface area contributed by atoms with E-state index in [0.717, 1.165) is 12.3 Å². The van der Waals surface area contributed by atoms with Crippen molar-refractivity contribution >= 4 is 0 Å². The molecule has 0 amide bonds. The molecule has 3 nitrogen and oxygen atoms in total. The zero-order valence-corrected chi connectivity index (χ0v) is 6.30. The summed E-state index contributed by atoms with van der Waals surface area (Å²) in [5.41, 5.74) is -0.770. The van der Waals surface area contributed by atoms with Gasteiger partial charge >= 0.3 is 0 Å². The molecule has 0 aliphatic heterocycles. The summed E-state index contributed by atoms with van der Waals surface area (Å²) < 4.78 is 28.9. The van der Waals surface area contributed by atoms with Crippen LogP contribution in [0.15, 0.2) is 17.1 Å². The van der Waals surface area contributed by atoms with E-state index < -0.39 is 12.0 Å². The number of hydrogen-bond acceptors (Lipinski definition) is 2. The number of alkyl halides is 2. The number of pyridine rings is 1. The van der Waals surface area contributed by atoms with Gasteiger partial charge in [-0.15, -0.1) is 0 Å². The Hall–Kier alpha value is -1.39. The molecule has 0 fully saturated rings. The largest absolute Gasteiger partial charge is 0.496 e. The first-order valence-corrected chi connectivity index (χ1v) is 3.20. The summed E-state index contributed by atoms with van der Waals surface area (Å²) >= 11 is 0. The molecule has 5 heteroatoms. The molecule has 1 aromatic heterocycles. The number of nitrogens with one attached hydrogen (secondary N) is 1. The zero-order valence-electron chi connectivity index (χ0n) is 6.30. The van der Waals surface area contributed by atoms with E-state index in [1.165, 1.54) is 7.11 Å². The lowest BCUT2D eigenvalue weighted by atomic mass is 10.3. The minimum Gasteiger partial charge on any atom is -0.496 e. The summed E-state index contributed by atoms with van der Waals surface area (Å²) in [4.78, 5) is 12.8. The highest BCUT2D eigenvalue weighted by Crippen LogP contribution is 2.25. The van der Waals surface area contributed by atoms with Crippen LogP contribution in [0.1, 0.15) is 12.0 Å². The average Bonchev–Trinajstić information content (AvgIpc) is 2.03. The molecule has 12 heavy (non-hydrogen) atoms. The maximum Gasteiger partial charge on any atom is 0.268 e. The summed E-state index contributed by atoms with van der Waals surface area (Å²) in [7, 11) is 1.24. The van der Waals surface area contributed by atoms with E-state index in [4.69, 9.17) is 0 Å². The van der Waals surface area contributed by atoms with Crippen molar-refractivity contribution in [3.8, 4) is 5.75 Å². The van der Waals surface area contributed by atoms with Gasteiger partial charge in [-0.1, -0.05) is 0 Å². The Labute approximate surface area is 67.0 Å². The molecule has 1 aromatic rings. The fraction of sp³-hybridized carbons (Fsp3) is 0.286. The smallest absolute Gasteiger partial charge is 0.268 e. The normalized spacial score (nSPS) is 10.3. The fourth-order valence-electron chi connectivity index (χ4n) is 0.811. The first-order chi connectivity index (χ1) is 5.65. The van der Waals surface area contributed by atoms with Crippen LogP contribution in [0, 0.1) is 0 Å². The van der Waals surface area contributed by atoms with E-state index in [2.05, 4.69) is 9.72 Å². The Kier molecular flexibility index (Phi) is 2.42. The van der Waals surface area contributed by atoms with Crippen LogP contribution in [0.4, 0.5) is 8.78 Å². The van der Waals surface area contributed by atoms with Crippen LogP contribution >= 0.6 is 0 Å². The second kappa shape index (κ2) is 3.34. The fourth-order valence-corrected chi connectivity index (χ4v) is 0.811. The van der Waals surface area contributed by atoms with Gasteiger partial charge in [0.1, 0.15) is 5.75 Å². The maximum atomic E-state index is 12.1. The van der Waals surface area contributed by atoms with Crippen molar-refractivity contribution in [1.82, 2.24) is 4.98 Å². The third-order valence-electron chi connectivity index (χ3n) is 1.37. The summed E-state index contributed by atoms with van der Waals surface area (Å²) in [6.07, 6.45) is -1.69. The van der Waals surface area contributed by atoms with E-state index in [9.17, 15) is 13.6 Å². The van der Waals surface area contributed by atoms with Gasteiger partial charge in [-0.2, -0.15) is 0 Å². The van der Waals surface area contributed by atoms with E-state index in [1.807, 2.05) is 0 Å². The standard InChI is InChI=1S/C7H7F2NO2/c1-12-5-2-6(11)10-3-4(5)7(8)9/h2-3,7H,1H3,(H,10,11). The highest BCUT2D eigenvalue weighted by molar-refractivity contribution is 5.30. The average molecular weight is 175 g/mol. The summed E-state index contributed by atoms with van der Waals surface area (Å²) in [6, 6.07) is 0.988. The number of hydrogen-bond donors (Lipinski definition) is 1. The molecule has 66 valence electrons. The molecule has 0 atom stereocenters. The Morgan fingerprint density at radius 1 is 1.58 bits per heavy atom. The van der Waals surface area contributed by atoms with Crippen molar-refractivity contribution in [2.24, 2.45) is 0 Å². The lowest BCUT2D eigenvalue weighted by molar-refractivity contribution is 0.146. The quantitative estimate of drug-likeness (QED) is 0.736. The molecule has 1 rings (SSSR count). The second-order valence-electron chi connectivity index (χ2n) is 2.12. The molecule has 0 aliphatic carbocycles. The third kappa shape index (κ3) is 1.61. The van der Waals surface area contributed by atoms with Crippen molar-refractivity contribution in [2.45, 2.75) is 6.43 Å². The van der Waals surface area contributed by atoms with E-state index >= 15 is 0 Å². The van der Waals surface area contributed by atoms with Crippen molar-refractivity contribution in [2.75, 3.05) is 7.11 Å². The summed E-state index contributed by atoms with van der Waals surface area (Å²) in [6.45, 7) is 0. The number of ether oxygens (including phenoxy) is 1. The number of H-pyrrole nitrogens is 1. The van der Waals surface area contributed by atoms with E-state index in [-0.39, 0.29) is 11.3 Å². The Bertz CT molecular complexity index is 321. The van der Waals surface area contributed by atoms with Crippen molar-refractivity contribution < 1.29 is 13.5 Å². The number of aromatic nitrogens is 1. The minimum atomic E-state index is -2.64. The molecule has 0 aromatic carbocycles. The van der Waals surface area contributed by atoms with Gasteiger partial charge in [0.25, 0.3) is 12.0 Å². The van der Waals surface area contributed by atoms with Crippen LogP contribution in [0.2, 0.25) is 0 Å². The Morgan fingerprint density at radius 2 is 2.25 bits per heavy atom. The predicted molar refractivity (Wildman–Crippen MR) is 38.6 cm³/mol. The van der Waals surface area contributed by atoms with Gasteiger partial charge in [-0.3, -0.25) is 4.79 Å². The van der Waals surface area contributed by atoms with Crippen LogP contribution < -0.4 is 10.3 Å². The molecule has 0 spiro atoms. The zero-order chi connectivity index (χ0) is 9.14. The van der Waals surface area contributed by atoms with Gasteiger partial charge in [0.15, 0.2) is 0 Å². The van der Waals surface area contributed by atoms with Crippen LogP contribution in [0.3, 0.4) is 0 Å². The molecule has 1 N–H and O–H groups in total. The maximum absolute atomic E-state index is 12.1. The highest BCUT2D eigenvalue weighted by Gasteiger charge is 2.13. The van der Waals surface area contributed by atoms with Crippen molar-refractivity contribution in [1.29, 1.82) is 0 Å². The van der Waals surface area contributed by atoms with Gasteiger partial charge in [0.05, 0.1) is 12.7 Å². The van der Waals surface area contributed by atoms with Crippen molar-refractivity contribution in [3.05, 3.63) is 28.2 Å². The van der Waals surface area contributed by atoms with Gasteiger partial charge in [0, 0.05) is 12.3 Å². The molecular weight excluding hydrogens is 168 g/mol. The number of aromatic amines is 1.